The molecule has 0 aliphatic heterocycles. The maximum absolute atomic E-state index is 13.8. The average Bonchev–Trinajstić information content (AvgIpc) is 3.26. The second-order valence-electron chi connectivity index (χ2n) is 6.00. The van der Waals surface area contributed by atoms with Gasteiger partial charge in [-0.05, 0) is 49.4 Å². The highest BCUT2D eigenvalue weighted by molar-refractivity contribution is 7.99. The molecule has 136 valence electrons. The number of fused-ring (bicyclic) bond motifs is 1. The van der Waals surface area contributed by atoms with E-state index in [-0.39, 0.29) is 5.82 Å². The number of pyridine rings is 1. The average molecular weight is 381 g/mol. The van der Waals surface area contributed by atoms with E-state index in [2.05, 4.69) is 5.10 Å². The molecule has 3 heterocycles. The molecule has 0 bridgehead atoms. The zero-order valence-electron chi connectivity index (χ0n) is 14.7. The number of carbonyl (C=O) groups is 1. The molecule has 5 nitrogen and oxygen atoms in total. The van der Waals surface area contributed by atoms with Gasteiger partial charge in [-0.2, -0.15) is 5.10 Å². The summed E-state index contributed by atoms with van der Waals surface area (Å²) in [5.41, 5.74) is 2.39. The van der Waals surface area contributed by atoms with Crippen LogP contribution in [0.25, 0.3) is 11.2 Å². The van der Waals surface area contributed by atoms with Crippen molar-refractivity contribution in [2.75, 3.05) is 0 Å². The van der Waals surface area contributed by atoms with Crippen LogP contribution in [0.2, 0.25) is 0 Å². The zero-order chi connectivity index (χ0) is 19.0. The molecule has 0 saturated heterocycles. The summed E-state index contributed by atoms with van der Waals surface area (Å²) in [4.78, 5) is 12.5. The SMILES string of the molecule is CC(=O)Oc1c(C)c(Sc2ccc(-n3cccn3)cc2)n2cc(F)ccc12. The van der Waals surface area contributed by atoms with Crippen molar-refractivity contribution in [2.45, 2.75) is 23.8 Å². The molecule has 0 saturated carbocycles. The molecule has 0 unspecified atom stereocenters. The van der Waals surface area contributed by atoms with Gasteiger partial charge in [0.05, 0.1) is 16.2 Å². The number of aromatic nitrogens is 3. The van der Waals surface area contributed by atoms with Gasteiger partial charge in [0.15, 0.2) is 5.75 Å². The summed E-state index contributed by atoms with van der Waals surface area (Å²) in [5, 5.41) is 5.01. The summed E-state index contributed by atoms with van der Waals surface area (Å²) in [7, 11) is 0. The Balaban J connectivity index is 1.74. The lowest BCUT2D eigenvalue weighted by Crippen LogP contribution is -2.01. The molecule has 0 aliphatic rings. The molecule has 3 aromatic heterocycles. The Bertz CT molecular complexity index is 1120. The van der Waals surface area contributed by atoms with E-state index < -0.39 is 5.97 Å². The highest BCUT2D eigenvalue weighted by Crippen LogP contribution is 2.39. The third-order valence-electron chi connectivity index (χ3n) is 4.09. The smallest absolute Gasteiger partial charge is 0.308 e. The standard InChI is InChI=1S/C20H16FN3O2S/c1-13-19(26-14(2)25)18-9-4-15(21)12-23(18)20(13)27-17-7-5-16(6-8-17)24-11-3-10-22-24/h3-12H,1-2H3. The minimum absolute atomic E-state index is 0.359. The van der Waals surface area contributed by atoms with Gasteiger partial charge in [0.1, 0.15) is 5.82 Å². The third kappa shape index (κ3) is 3.33. The maximum atomic E-state index is 13.8. The Hall–Kier alpha value is -3.06. The van der Waals surface area contributed by atoms with E-state index >= 15 is 0 Å². The van der Waals surface area contributed by atoms with E-state index in [1.807, 2.05) is 43.5 Å². The predicted molar refractivity (Wildman–Crippen MR) is 101 cm³/mol. The Morgan fingerprint density at radius 3 is 2.63 bits per heavy atom. The van der Waals surface area contributed by atoms with Crippen LogP contribution in [0.4, 0.5) is 4.39 Å². The third-order valence-corrected chi connectivity index (χ3v) is 5.30. The fourth-order valence-electron chi connectivity index (χ4n) is 2.90. The van der Waals surface area contributed by atoms with Gasteiger partial charge in [-0.15, -0.1) is 0 Å². The van der Waals surface area contributed by atoms with Crippen molar-refractivity contribution in [1.29, 1.82) is 0 Å². The largest absolute Gasteiger partial charge is 0.424 e. The lowest BCUT2D eigenvalue weighted by Gasteiger charge is -2.06. The van der Waals surface area contributed by atoms with Crippen molar-refractivity contribution in [3.05, 3.63) is 72.4 Å². The van der Waals surface area contributed by atoms with Gasteiger partial charge in [-0.3, -0.25) is 4.79 Å². The number of esters is 1. The van der Waals surface area contributed by atoms with Gasteiger partial charge in [-0.1, -0.05) is 11.8 Å². The first-order chi connectivity index (χ1) is 13.0. The fourth-order valence-corrected chi connectivity index (χ4v) is 3.89. The van der Waals surface area contributed by atoms with E-state index in [4.69, 9.17) is 4.74 Å². The lowest BCUT2D eigenvalue weighted by atomic mass is 10.3. The monoisotopic (exact) mass is 381 g/mol. The molecule has 0 aliphatic carbocycles. The van der Waals surface area contributed by atoms with Crippen molar-refractivity contribution < 1.29 is 13.9 Å². The molecule has 0 radical (unpaired) electrons. The van der Waals surface area contributed by atoms with Crippen LogP contribution in [-0.4, -0.2) is 20.2 Å². The van der Waals surface area contributed by atoms with Crippen LogP contribution < -0.4 is 4.74 Å². The number of halogens is 1. The molecule has 0 atom stereocenters. The molecule has 4 rings (SSSR count). The van der Waals surface area contributed by atoms with E-state index in [0.717, 1.165) is 21.2 Å². The highest BCUT2D eigenvalue weighted by atomic mass is 32.2. The van der Waals surface area contributed by atoms with Crippen LogP contribution in [0.5, 0.6) is 5.75 Å². The summed E-state index contributed by atoms with van der Waals surface area (Å²) in [6.07, 6.45) is 5.00. The summed E-state index contributed by atoms with van der Waals surface area (Å²) in [6.45, 7) is 3.22. The topological polar surface area (TPSA) is 48.5 Å². The van der Waals surface area contributed by atoms with Gasteiger partial charge in [0.25, 0.3) is 0 Å². The Morgan fingerprint density at radius 1 is 1.19 bits per heavy atom. The fraction of sp³-hybridized carbons (Fsp3) is 0.100. The molecule has 4 aromatic rings. The lowest BCUT2D eigenvalue weighted by molar-refractivity contribution is -0.131. The molecule has 0 spiro atoms. The Labute approximate surface area is 159 Å². The zero-order valence-corrected chi connectivity index (χ0v) is 15.5. The Kier molecular flexibility index (Phi) is 4.45. The Morgan fingerprint density at radius 2 is 1.96 bits per heavy atom. The molecule has 0 amide bonds. The van der Waals surface area contributed by atoms with Crippen LogP contribution in [-0.2, 0) is 4.79 Å². The van der Waals surface area contributed by atoms with Gasteiger partial charge >= 0.3 is 5.97 Å². The van der Waals surface area contributed by atoms with Crippen molar-refractivity contribution >= 4 is 23.2 Å². The number of rotatable bonds is 4. The molecular weight excluding hydrogens is 365 g/mol. The van der Waals surface area contributed by atoms with Gasteiger partial charge in [0.2, 0.25) is 0 Å². The van der Waals surface area contributed by atoms with Gasteiger partial charge < -0.3 is 9.14 Å². The van der Waals surface area contributed by atoms with E-state index in [9.17, 15) is 9.18 Å². The minimum Gasteiger partial charge on any atom is -0.424 e. The first-order valence-electron chi connectivity index (χ1n) is 8.29. The van der Waals surface area contributed by atoms with Crippen LogP contribution in [0.15, 0.2) is 71.0 Å². The number of nitrogens with zero attached hydrogens (tertiary/aromatic N) is 3. The molecule has 0 fully saturated rings. The number of carbonyl (C=O) groups excluding carboxylic acids is 1. The van der Waals surface area contributed by atoms with Crippen LogP contribution in [0, 0.1) is 12.7 Å². The normalized spacial score (nSPS) is 11.1. The predicted octanol–water partition coefficient (Wildman–Crippen LogP) is 4.65. The van der Waals surface area contributed by atoms with Gasteiger partial charge in [-0.25, -0.2) is 9.07 Å². The van der Waals surface area contributed by atoms with Crippen molar-refractivity contribution in [3.8, 4) is 11.4 Å². The number of ether oxygens (including phenoxy) is 1. The first-order valence-corrected chi connectivity index (χ1v) is 9.11. The second-order valence-corrected chi connectivity index (χ2v) is 7.06. The van der Waals surface area contributed by atoms with Crippen molar-refractivity contribution in [3.63, 3.8) is 0 Å². The summed E-state index contributed by atoms with van der Waals surface area (Å²) >= 11 is 1.48. The van der Waals surface area contributed by atoms with E-state index in [0.29, 0.717) is 11.3 Å². The highest BCUT2D eigenvalue weighted by Gasteiger charge is 2.19. The van der Waals surface area contributed by atoms with Crippen molar-refractivity contribution in [1.82, 2.24) is 14.2 Å². The number of benzene rings is 1. The van der Waals surface area contributed by atoms with Gasteiger partial charge in [0, 0.05) is 36.0 Å². The van der Waals surface area contributed by atoms with Crippen LogP contribution >= 0.6 is 11.8 Å². The molecular formula is C20H16FN3O2S. The summed E-state index contributed by atoms with van der Waals surface area (Å²) < 4.78 is 22.7. The van der Waals surface area contributed by atoms with Crippen LogP contribution in [0.1, 0.15) is 12.5 Å². The quantitative estimate of drug-likeness (QED) is 0.483. The van der Waals surface area contributed by atoms with Crippen LogP contribution in [0.3, 0.4) is 0 Å². The second kappa shape index (κ2) is 6.92. The maximum Gasteiger partial charge on any atom is 0.308 e. The van der Waals surface area contributed by atoms with Crippen molar-refractivity contribution in [2.24, 2.45) is 0 Å². The van der Waals surface area contributed by atoms with E-state index in [1.165, 1.54) is 30.9 Å². The first kappa shape index (κ1) is 17.4. The molecule has 1 aromatic carbocycles. The summed E-state index contributed by atoms with van der Waals surface area (Å²) in [5.74, 6) is -0.309. The summed E-state index contributed by atoms with van der Waals surface area (Å²) in [6, 6.07) is 12.7. The van der Waals surface area contributed by atoms with E-state index in [1.54, 1.807) is 21.3 Å². The molecule has 0 N–H and O–H groups in total. The number of hydrogen-bond donors (Lipinski definition) is 0. The molecule has 27 heavy (non-hydrogen) atoms. The molecule has 7 heteroatoms. The number of hydrogen-bond acceptors (Lipinski definition) is 4. The minimum atomic E-state index is -0.407.